The number of fused-ring (bicyclic) bond motifs is 1. The van der Waals surface area contributed by atoms with Gasteiger partial charge in [-0.3, -0.25) is 0 Å². The molecule has 16 heavy (non-hydrogen) atoms. The van der Waals surface area contributed by atoms with Gasteiger partial charge in [0.2, 0.25) is 0 Å². The van der Waals surface area contributed by atoms with Crippen molar-refractivity contribution >= 4 is 0 Å². The molecule has 0 radical (unpaired) electrons. The van der Waals surface area contributed by atoms with Crippen molar-refractivity contribution in [3.8, 4) is 0 Å². The van der Waals surface area contributed by atoms with Crippen LogP contribution in [-0.4, -0.2) is 5.11 Å². The molecule has 86 valence electrons. The predicted octanol–water partition coefficient (Wildman–Crippen LogP) is 3.04. The molecule has 1 nitrogen and oxygen atoms in total. The molecule has 1 N–H and O–H groups in total. The van der Waals surface area contributed by atoms with Crippen molar-refractivity contribution in [3.63, 3.8) is 0 Å². The second-order valence-corrected chi connectivity index (χ2v) is 5.11. The molecule has 3 atom stereocenters. The van der Waals surface area contributed by atoms with E-state index in [1.165, 1.54) is 12.5 Å². The van der Waals surface area contributed by atoms with E-state index in [-0.39, 0.29) is 5.92 Å². The highest BCUT2D eigenvalue weighted by atomic mass is 19.2. The Morgan fingerprint density at radius 3 is 2.38 bits per heavy atom. The minimum absolute atomic E-state index is 0.230. The summed E-state index contributed by atoms with van der Waals surface area (Å²) in [5.74, 6) is 0.0634. The zero-order valence-electron chi connectivity index (χ0n) is 8.87. The van der Waals surface area contributed by atoms with E-state index in [9.17, 15) is 13.9 Å². The first-order valence-corrected chi connectivity index (χ1v) is 5.78. The van der Waals surface area contributed by atoms with Gasteiger partial charge in [0.15, 0.2) is 11.6 Å². The van der Waals surface area contributed by atoms with Crippen molar-refractivity contribution in [2.24, 2.45) is 17.8 Å². The number of aliphatic hydroxyl groups excluding tert-OH is 1. The smallest absolute Gasteiger partial charge is 0.159 e. The first-order valence-electron chi connectivity index (χ1n) is 5.78. The predicted molar refractivity (Wildman–Crippen MR) is 55.6 cm³/mol. The van der Waals surface area contributed by atoms with Gasteiger partial charge in [-0.2, -0.15) is 0 Å². The van der Waals surface area contributed by atoms with Gasteiger partial charge < -0.3 is 5.11 Å². The highest BCUT2D eigenvalue weighted by molar-refractivity contribution is 5.21. The van der Waals surface area contributed by atoms with Crippen molar-refractivity contribution in [2.75, 3.05) is 0 Å². The number of hydrogen-bond acceptors (Lipinski definition) is 1. The van der Waals surface area contributed by atoms with E-state index in [0.29, 0.717) is 5.56 Å². The largest absolute Gasteiger partial charge is 0.388 e. The fraction of sp³-hybridized carbons (Fsp3) is 0.538. The summed E-state index contributed by atoms with van der Waals surface area (Å²) in [4.78, 5) is 0. The van der Waals surface area contributed by atoms with E-state index in [4.69, 9.17) is 0 Å². The van der Waals surface area contributed by atoms with Crippen molar-refractivity contribution in [2.45, 2.75) is 25.4 Å². The summed E-state index contributed by atoms with van der Waals surface area (Å²) in [7, 11) is 0. The minimum Gasteiger partial charge on any atom is -0.388 e. The Kier molecular flexibility index (Phi) is 2.25. The first-order chi connectivity index (χ1) is 7.65. The van der Waals surface area contributed by atoms with E-state index in [2.05, 4.69) is 0 Å². The van der Waals surface area contributed by atoms with Crippen LogP contribution < -0.4 is 0 Å². The number of aliphatic hydroxyl groups is 1. The van der Waals surface area contributed by atoms with Crippen LogP contribution >= 0.6 is 0 Å². The van der Waals surface area contributed by atoms with Gasteiger partial charge in [0.05, 0.1) is 6.10 Å². The van der Waals surface area contributed by atoms with Crippen LogP contribution in [0.5, 0.6) is 0 Å². The quantitative estimate of drug-likeness (QED) is 0.818. The van der Waals surface area contributed by atoms with Crippen LogP contribution in [0, 0.1) is 29.4 Å². The number of benzene rings is 1. The van der Waals surface area contributed by atoms with Crippen molar-refractivity contribution in [1.82, 2.24) is 0 Å². The Morgan fingerprint density at radius 2 is 1.75 bits per heavy atom. The summed E-state index contributed by atoms with van der Waals surface area (Å²) in [6, 6.07) is 3.68. The molecule has 2 aliphatic carbocycles. The van der Waals surface area contributed by atoms with Crippen LogP contribution in [0.3, 0.4) is 0 Å². The van der Waals surface area contributed by atoms with Crippen LogP contribution in [-0.2, 0) is 0 Å². The summed E-state index contributed by atoms with van der Waals surface area (Å²) in [6.45, 7) is 0. The highest BCUT2D eigenvalue weighted by Crippen LogP contribution is 2.57. The van der Waals surface area contributed by atoms with Crippen LogP contribution in [0.4, 0.5) is 8.78 Å². The zero-order chi connectivity index (χ0) is 11.3. The van der Waals surface area contributed by atoms with E-state index >= 15 is 0 Å². The summed E-state index contributed by atoms with van der Waals surface area (Å²) in [5, 5.41) is 10.1. The Balaban J connectivity index is 1.77. The van der Waals surface area contributed by atoms with E-state index in [0.717, 1.165) is 36.8 Å². The zero-order valence-corrected chi connectivity index (χ0v) is 8.87. The average Bonchev–Trinajstić information content (AvgIpc) is 2.89. The number of hydrogen-bond donors (Lipinski definition) is 1. The highest BCUT2D eigenvalue weighted by Gasteiger charge is 2.47. The Bertz CT molecular complexity index is 408. The number of rotatable bonds is 2. The molecule has 2 saturated carbocycles. The molecule has 0 aliphatic heterocycles. The second kappa shape index (κ2) is 3.52. The molecule has 3 unspecified atom stereocenters. The molecule has 0 spiro atoms. The molecule has 2 aliphatic rings. The lowest BCUT2D eigenvalue weighted by atomic mass is 9.91. The molecule has 1 aromatic rings. The lowest BCUT2D eigenvalue weighted by Gasteiger charge is -2.19. The van der Waals surface area contributed by atoms with Gasteiger partial charge in [-0.1, -0.05) is 6.07 Å². The average molecular weight is 224 g/mol. The summed E-state index contributed by atoms with van der Waals surface area (Å²) < 4.78 is 25.8. The van der Waals surface area contributed by atoms with Crippen LogP contribution in [0.15, 0.2) is 18.2 Å². The monoisotopic (exact) mass is 224 g/mol. The molecule has 1 aromatic carbocycles. The summed E-state index contributed by atoms with van der Waals surface area (Å²) in [6.07, 6.45) is 2.72. The molecule has 3 heteroatoms. The summed E-state index contributed by atoms with van der Waals surface area (Å²) in [5.41, 5.74) is 0.505. The summed E-state index contributed by atoms with van der Waals surface area (Å²) >= 11 is 0. The third-order valence-corrected chi connectivity index (χ3v) is 4.01. The van der Waals surface area contributed by atoms with Gasteiger partial charge in [-0.25, -0.2) is 8.78 Å². The molecular weight excluding hydrogens is 210 g/mol. The molecule has 0 aromatic heterocycles. The second-order valence-electron chi connectivity index (χ2n) is 5.11. The van der Waals surface area contributed by atoms with E-state index in [1.807, 2.05) is 0 Å². The van der Waals surface area contributed by atoms with Gasteiger partial charge in [0.1, 0.15) is 0 Å². The normalized spacial score (nSPS) is 33.6. The van der Waals surface area contributed by atoms with Crippen molar-refractivity contribution in [3.05, 3.63) is 35.4 Å². The Morgan fingerprint density at radius 1 is 1.06 bits per heavy atom. The fourth-order valence-electron chi connectivity index (χ4n) is 2.99. The maximum atomic E-state index is 13.0. The molecule has 0 saturated heterocycles. The van der Waals surface area contributed by atoms with Crippen LogP contribution in [0.1, 0.15) is 30.9 Å². The SMILES string of the molecule is OC(c1ccc(F)c(F)c1)C1CC2CC2C1. The maximum absolute atomic E-state index is 13.0. The van der Waals surface area contributed by atoms with Gasteiger partial charge >= 0.3 is 0 Å². The van der Waals surface area contributed by atoms with Crippen molar-refractivity contribution in [1.29, 1.82) is 0 Å². The lowest BCUT2D eigenvalue weighted by molar-refractivity contribution is 0.104. The van der Waals surface area contributed by atoms with Gasteiger partial charge in [-0.05, 0) is 54.7 Å². The fourth-order valence-corrected chi connectivity index (χ4v) is 2.99. The Hall–Kier alpha value is -0.960. The molecule has 3 rings (SSSR count). The van der Waals surface area contributed by atoms with Gasteiger partial charge in [0, 0.05) is 0 Å². The first kappa shape index (κ1) is 10.2. The minimum atomic E-state index is -0.875. The van der Waals surface area contributed by atoms with Gasteiger partial charge in [-0.15, -0.1) is 0 Å². The van der Waals surface area contributed by atoms with Gasteiger partial charge in [0.25, 0.3) is 0 Å². The third-order valence-electron chi connectivity index (χ3n) is 4.01. The topological polar surface area (TPSA) is 20.2 Å². The van der Waals surface area contributed by atoms with E-state index in [1.54, 1.807) is 0 Å². The number of halogens is 2. The Labute approximate surface area is 93.1 Å². The lowest BCUT2D eigenvalue weighted by Crippen LogP contribution is -2.11. The molecule has 0 bridgehead atoms. The molecular formula is C13H14F2O. The van der Waals surface area contributed by atoms with Crippen LogP contribution in [0.25, 0.3) is 0 Å². The standard InChI is InChI=1S/C13H14F2O/c14-11-2-1-7(6-12(11)15)13(16)10-4-8-3-9(8)5-10/h1-2,6,8-10,13,16H,3-5H2. The molecule has 0 amide bonds. The third kappa shape index (κ3) is 1.63. The van der Waals surface area contributed by atoms with Crippen LogP contribution in [0.2, 0.25) is 0 Å². The van der Waals surface area contributed by atoms with Crippen molar-refractivity contribution < 1.29 is 13.9 Å². The maximum Gasteiger partial charge on any atom is 0.159 e. The van der Waals surface area contributed by atoms with E-state index < -0.39 is 17.7 Å². The molecule has 0 heterocycles. The molecule has 2 fully saturated rings.